The molecule has 0 saturated carbocycles. The van der Waals surface area contributed by atoms with E-state index in [4.69, 9.17) is 10.5 Å². The Morgan fingerprint density at radius 3 is 2.25 bits per heavy atom. The van der Waals surface area contributed by atoms with Gasteiger partial charge in [0.15, 0.2) is 0 Å². The highest BCUT2D eigenvalue weighted by atomic mass is 16.5. The topological polar surface area (TPSA) is 52.3 Å². The Bertz CT molecular complexity index is 485. The highest BCUT2D eigenvalue weighted by Gasteiger charge is 2.31. The molecule has 1 saturated heterocycles. The third-order valence-corrected chi connectivity index (χ3v) is 5.10. The third kappa shape index (κ3) is 6.64. The van der Waals surface area contributed by atoms with Gasteiger partial charge in [0.25, 0.3) is 0 Å². The summed E-state index contributed by atoms with van der Waals surface area (Å²) in [6.45, 7) is 2.62. The van der Waals surface area contributed by atoms with Crippen LogP contribution in [0.25, 0.3) is 0 Å². The summed E-state index contributed by atoms with van der Waals surface area (Å²) < 4.78 is 5.12. The molecule has 1 aromatic rings. The molecule has 1 aliphatic heterocycles. The molecule has 1 fully saturated rings. The summed E-state index contributed by atoms with van der Waals surface area (Å²) >= 11 is 0. The SMILES string of the molecule is CCCCCCCCc1ccc(CC[C@]2(N)CCC(=O)OC2)cc1. The lowest BCUT2D eigenvalue weighted by Crippen LogP contribution is -2.48. The van der Waals surface area contributed by atoms with Crippen molar-refractivity contribution in [1.82, 2.24) is 0 Å². The van der Waals surface area contributed by atoms with Gasteiger partial charge in [-0.05, 0) is 43.2 Å². The number of carbonyl (C=O) groups excluding carboxylic acids is 1. The molecule has 0 aliphatic carbocycles. The summed E-state index contributed by atoms with van der Waals surface area (Å²) in [6, 6.07) is 8.96. The maximum atomic E-state index is 11.1. The van der Waals surface area contributed by atoms with E-state index in [0.29, 0.717) is 13.0 Å². The third-order valence-electron chi connectivity index (χ3n) is 5.10. The van der Waals surface area contributed by atoms with Crippen LogP contribution in [0.5, 0.6) is 0 Å². The van der Waals surface area contributed by atoms with E-state index >= 15 is 0 Å². The van der Waals surface area contributed by atoms with Crippen LogP contribution in [0.15, 0.2) is 24.3 Å². The van der Waals surface area contributed by atoms with Crippen LogP contribution >= 0.6 is 0 Å². The number of hydrogen-bond acceptors (Lipinski definition) is 3. The zero-order valence-electron chi connectivity index (χ0n) is 15.2. The molecule has 24 heavy (non-hydrogen) atoms. The first-order chi connectivity index (χ1) is 11.6. The molecular formula is C21H33NO2. The fourth-order valence-electron chi connectivity index (χ4n) is 3.29. The average Bonchev–Trinajstić information content (AvgIpc) is 2.60. The number of unbranched alkanes of at least 4 members (excludes halogenated alkanes) is 5. The number of carbonyl (C=O) groups is 1. The van der Waals surface area contributed by atoms with Crippen molar-refractivity contribution in [2.75, 3.05) is 6.61 Å². The molecular weight excluding hydrogens is 298 g/mol. The van der Waals surface area contributed by atoms with Gasteiger partial charge in [-0.2, -0.15) is 0 Å². The highest BCUT2D eigenvalue weighted by molar-refractivity contribution is 5.70. The lowest BCUT2D eigenvalue weighted by molar-refractivity contribution is -0.150. The molecule has 1 atom stereocenters. The number of nitrogens with two attached hydrogens (primary N) is 1. The second-order valence-corrected chi connectivity index (χ2v) is 7.36. The summed E-state index contributed by atoms with van der Waals surface area (Å²) in [5.41, 5.74) is 8.75. The number of esters is 1. The lowest BCUT2D eigenvalue weighted by atomic mass is 9.87. The van der Waals surface area contributed by atoms with E-state index in [0.717, 1.165) is 19.3 Å². The molecule has 134 valence electrons. The van der Waals surface area contributed by atoms with E-state index in [9.17, 15) is 4.79 Å². The van der Waals surface area contributed by atoms with Gasteiger partial charge in [0.1, 0.15) is 6.61 Å². The van der Waals surface area contributed by atoms with E-state index in [1.807, 2.05) is 0 Å². The second kappa shape index (κ2) is 9.83. The van der Waals surface area contributed by atoms with E-state index in [2.05, 4.69) is 31.2 Å². The Labute approximate surface area is 147 Å². The first kappa shape index (κ1) is 19.0. The van der Waals surface area contributed by atoms with Crippen LogP contribution in [-0.4, -0.2) is 18.1 Å². The van der Waals surface area contributed by atoms with Crippen molar-refractivity contribution in [3.05, 3.63) is 35.4 Å². The maximum Gasteiger partial charge on any atom is 0.305 e. The predicted octanol–water partition coefficient (Wildman–Crippen LogP) is 4.56. The molecule has 0 aromatic heterocycles. The maximum absolute atomic E-state index is 11.1. The van der Waals surface area contributed by atoms with Gasteiger partial charge in [0, 0.05) is 6.42 Å². The van der Waals surface area contributed by atoms with Crippen LogP contribution in [-0.2, 0) is 22.4 Å². The van der Waals surface area contributed by atoms with E-state index in [1.54, 1.807) is 0 Å². The van der Waals surface area contributed by atoms with E-state index in [1.165, 1.54) is 56.1 Å². The van der Waals surface area contributed by atoms with Crippen molar-refractivity contribution in [3.8, 4) is 0 Å². The van der Waals surface area contributed by atoms with E-state index in [-0.39, 0.29) is 11.5 Å². The van der Waals surface area contributed by atoms with Crippen LogP contribution in [0.2, 0.25) is 0 Å². The smallest absolute Gasteiger partial charge is 0.305 e. The zero-order chi connectivity index (χ0) is 17.3. The summed E-state index contributed by atoms with van der Waals surface area (Å²) in [5, 5.41) is 0. The Morgan fingerprint density at radius 2 is 1.62 bits per heavy atom. The predicted molar refractivity (Wildman–Crippen MR) is 99.0 cm³/mol. The van der Waals surface area contributed by atoms with Crippen LogP contribution in [0.3, 0.4) is 0 Å². The molecule has 1 aliphatic rings. The van der Waals surface area contributed by atoms with Gasteiger partial charge in [-0.25, -0.2) is 0 Å². The molecule has 0 spiro atoms. The molecule has 1 aromatic carbocycles. The number of hydrogen-bond donors (Lipinski definition) is 1. The minimum atomic E-state index is -0.342. The molecule has 0 unspecified atom stereocenters. The number of rotatable bonds is 10. The monoisotopic (exact) mass is 331 g/mol. The normalized spacial score (nSPS) is 20.8. The number of benzene rings is 1. The van der Waals surface area contributed by atoms with Crippen LogP contribution in [0, 0.1) is 0 Å². The van der Waals surface area contributed by atoms with Crippen molar-refractivity contribution in [2.24, 2.45) is 5.73 Å². The van der Waals surface area contributed by atoms with Gasteiger partial charge >= 0.3 is 5.97 Å². The molecule has 2 N–H and O–H groups in total. The van der Waals surface area contributed by atoms with Crippen molar-refractivity contribution >= 4 is 5.97 Å². The molecule has 2 rings (SSSR count). The standard InChI is InChI=1S/C21H33NO2/c1-2-3-4-5-6-7-8-18-9-11-19(12-10-18)13-15-21(22)16-14-20(23)24-17-21/h9-12H,2-8,13-17,22H2,1H3/t21-/m0/s1. The molecule has 3 nitrogen and oxygen atoms in total. The van der Waals surface area contributed by atoms with Gasteiger partial charge in [-0.1, -0.05) is 63.3 Å². The average molecular weight is 332 g/mol. The fraction of sp³-hybridized carbons (Fsp3) is 0.667. The van der Waals surface area contributed by atoms with Crippen LogP contribution < -0.4 is 5.73 Å². The summed E-state index contributed by atoms with van der Waals surface area (Å²) in [5.74, 6) is -0.116. The zero-order valence-corrected chi connectivity index (χ0v) is 15.2. The first-order valence-corrected chi connectivity index (χ1v) is 9.64. The Hall–Kier alpha value is -1.35. The number of ether oxygens (including phenoxy) is 1. The minimum absolute atomic E-state index is 0.116. The fourth-order valence-corrected chi connectivity index (χ4v) is 3.29. The van der Waals surface area contributed by atoms with Gasteiger partial charge in [-0.3, -0.25) is 4.79 Å². The van der Waals surface area contributed by atoms with Crippen molar-refractivity contribution in [1.29, 1.82) is 0 Å². The summed E-state index contributed by atoms with van der Waals surface area (Å²) in [4.78, 5) is 11.1. The summed E-state index contributed by atoms with van der Waals surface area (Å²) in [7, 11) is 0. The molecule has 3 heteroatoms. The van der Waals surface area contributed by atoms with Crippen LogP contribution in [0.4, 0.5) is 0 Å². The largest absolute Gasteiger partial charge is 0.464 e. The van der Waals surface area contributed by atoms with Gasteiger partial charge in [0.05, 0.1) is 5.54 Å². The Kier molecular flexibility index (Phi) is 7.77. The quantitative estimate of drug-likeness (QED) is 0.505. The Morgan fingerprint density at radius 1 is 1.00 bits per heavy atom. The Balaban J connectivity index is 1.67. The molecule has 0 radical (unpaired) electrons. The minimum Gasteiger partial charge on any atom is -0.464 e. The van der Waals surface area contributed by atoms with Gasteiger partial charge in [-0.15, -0.1) is 0 Å². The van der Waals surface area contributed by atoms with Gasteiger partial charge in [0.2, 0.25) is 0 Å². The number of aryl methyl sites for hydroxylation is 2. The lowest BCUT2D eigenvalue weighted by Gasteiger charge is -2.32. The second-order valence-electron chi connectivity index (χ2n) is 7.36. The van der Waals surface area contributed by atoms with Crippen LogP contribution in [0.1, 0.15) is 75.8 Å². The summed E-state index contributed by atoms with van der Waals surface area (Å²) in [6.07, 6.45) is 12.3. The number of cyclic esters (lactones) is 1. The van der Waals surface area contributed by atoms with Gasteiger partial charge < -0.3 is 10.5 Å². The van der Waals surface area contributed by atoms with Crippen molar-refractivity contribution < 1.29 is 9.53 Å². The van der Waals surface area contributed by atoms with Crippen molar-refractivity contribution in [3.63, 3.8) is 0 Å². The first-order valence-electron chi connectivity index (χ1n) is 9.64. The molecule has 0 bridgehead atoms. The molecule has 0 amide bonds. The molecule has 1 heterocycles. The highest BCUT2D eigenvalue weighted by Crippen LogP contribution is 2.23. The van der Waals surface area contributed by atoms with Crippen molar-refractivity contribution in [2.45, 2.75) is 83.1 Å². The van der Waals surface area contributed by atoms with E-state index < -0.39 is 0 Å².